The van der Waals surface area contributed by atoms with Crippen LogP contribution in [0, 0.1) is 6.92 Å². The first-order valence-corrected chi connectivity index (χ1v) is 8.44. The summed E-state index contributed by atoms with van der Waals surface area (Å²) in [6.07, 6.45) is 0.982. The minimum Gasteiger partial charge on any atom is -0.454 e. The predicted octanol–water partition coefficient (Wildman–Crippen LogP) is 3.02. The van der Waals surface area contributed by atoms with Crippen molar-refractivity contribution in [1.82, 2.24) is 0 Å². The van der Waals surface area contributed by atoms with Crippen molar-refractivity contribution in [3.05, 3.63) is 64.7 Å². The van der Waals surface area contributed by atoms with Crippen LogP contribution in [0.25, 0.3) is 0 Å². The number of benzene rings is 2. The van der Waals surface area contributed by atoms with Crippen LogP contribution in [-0.2, 0) is 11.2 Å². The van der Waals surface area contributed by atoms with Crippen LogP contribution in [0.2, 0.25) is 0 Å². The van der Waals surface area contributed by atoms with Crippen molar-refractivity contribution in [3.63, 3.8) is 0 Å². The molecule has 4 heteroatoms. The molecule has 0 amide bonds. The molecular weight excluding hydrogens is 302 g/mol. The maximum Gasteiger partial charge on any atom is 0.339 e. The molecule has 2 aliphatic rings. The quantitative estimate of drug-likeness (QED) is 0.882. The molecule has 1 fully saturated rings. The van der Waals surface area contributed by atoms with E-state index in [1.165, 1.54) is 11.1 Å². The zero-order valence-electron chi connectivity index (χ0n) is 13.7. The average molecular weight is 323 g/mol. The molecule has 2 aromatic carbocycles. The number of ether oxygens (including phenoxy) is 1. The Morgan fingerprint density at radius 2 is 2.08 bits per heavy atom. The number of carbonyl (C=O) groups is 1. The van der Waals surface area contributed by atoms with Crippen LogP contribution in [0.15, 0.2) is 42.5 Å². The van der Waals surface area contributed by atoms with Crippen molar-refractivity contribution in [2.45, 2.75) is 32.0 Å². The molecule has 2 heterocycles. The topological polar surface area (TPSA) is 49.8 Å². The summed E-state index contributed by atoms with van der Waals surface area (Å²) in [4.78, 5) is 14.4. The summed E-state index contributed by atoms with van der Waals surface area (Å²) in [6, 6.07) is 14.1. The molecule has 1 unspecified atom stereocenters. The van der Waals surface area contributed by atoms with Gasteiger partial charge in [-0.25, -0.2) is 4.79 Å². The van der Waals surface area contributed by atoms with E-state index in [2.05, 4.69) is 24.0 Å². The number of aryl methyl sites for hydroxylation is 1. The van der Waals surface area contributed by atoms with Crippen LogP contribution < -0.4 is 4.90 Å². The number of hydrogen-bond acceptors (Lipinski definition) is 4. The minimum atomic E-state index is -0.279. The smallest absolute Gasteiger partial charge is 0.339 e. The Labute approximate surface area is 141 Å². The third-order valence-electron chi connectivity index (χ3n) is 5.05. The van der Waals surface area contributed by atoms with Crippen molar-refractivity contribution in [1.29, 1.82) is 0 Å². The van der Waals surface area contributed by atoms with Gasteiger partial charge in [0, 0.05) is 30.8 Å². The lowest BCUT2D eigenvalue weighted by molar-refractivity contribution is 0.0387. The number of fused-ring (bicyclic) bond motifs is 1. The summed E-state index contributed by atoms with van der Waals surface area (Å²) in [7, 11) is 0. The van der Waals surface area contributed by atoms with Crippen molar-refractivity contribution in [3.8, 4) is 0 Å². The molecule has 4 rings (SSSR count). The fourth-order valence-electron chi connectivity index (χ4n) is 3.62. The van der Waals surface area contributed by atoms with Crippen molar-refractivity contribution in [2.24, 2.45) is 0 Å². The largest absolute Gasteiger partial charge is 0.454 e. The molecule has 0 saturated carbocycles. The number of hydrogen-bond donors (Lipinski definition) is 1. The third-order valence-corrected chi connectivity index (χ3v) is 5.05. The number of esters is 1. The lowest BCUT2D eigenvalue weighted by Gasteiger charge is -2.18. The van der Waals surface area contributed by atoms with E-state index >= 15 is 0 Å². The van der Waals surface area contributed by atoms with E-state index in [1.54, 1.807) is 0 Å². The number of aliphatic hydroxyl groups is 1. The van der Waals surface area contributed by atoms with E-state index in [4.69, 9.17) is 4.74 Å². The average Bonchev–Trinajstić information content (AvgIpc) is 3.14. The molecule has 4 nitrogen and oxygen atoms in total. The summed E-state index contributed by atoms with van der Waals surface area (Å²) < 4.78 is 5.62. The van der Waals surface area contributed by atoms with Crippen molar-refractivity contribution in [2.75, 3.05) is 18.0 Å². The molecule has 0 bridgehead atoms. The minimum absolute atomic E-state index is 0.216. The van der Waals surface area contributed by atoms with Crippen LogP contribution in [0.4, 0.5) is 5.69 Å². The van der Waals surface area contributed by atoms with E-state index < -0.39 is 0 Å². The molecule has 2 aliphatic heterocycles. The van der Waals surface area contributed by atoms with Crippen LogP contribution in [0.3, 0.4) is 0 Å². The van der Waals surface area contributed by atoms with E-state index in [0.29, 0.717) is 18.5 Å². The van der Waals surface area contributed by atoms with Gasteiger partial charge >= 0.3 is 5.97 Å². The Balaban J connectivity index is 1.60. The highest BCUT2D eigenvalue weighted by Gasteiger charge is 2.32. The summed E-state index contributed by atoms with van der Waals surface area (Å²) >= 11 is 0. The molecule has 0 aliphatic carbocycles. The van der Waals surface area contributed by atoms with E-state index in [0.717, 1.165) is 24.2 Å². The maximum absolute atomic E-state index is 12.3. The molecule has 0 aromatic heterocycles. The lowest BCUT2D eigenvalue weighted by atomic mass is 9.96. The Morgan fingerprint density at radius 1 is 1.25 bits per heavy atom. The monoisotopic (exact) mass is 323 g/mol. The van der Waals surface area contributed by atoms with Crippen LogP contribution in [0.1, 0.15) is 39.6 Å². The zero-order chi connectivity index (χ0) is 16.7. The normalized spacial score (nSPS) is 22.6. The second-order valence-electron chi connectivity index (χ2n) is 6.68. The molecule has 0 radical (unpaired) electrons. The van der Waals surface area contributed by atoms with Gasteiger partial charge in [0.2, 0.25) is 0 Å². The van der Waals surface area contributed by atoms with Gasteiger partial charge in [0.1, 0.15) is 6.10 Å². The van der Waals surface area contributed by atoms with Gasteiger partial charge in [-0.15, -0.1) is 0 Å². The van der Waals surface area contributed by atoms with E-state index in [9.17, 15) is 9.90 Å². The van der Waals surface area contributed by atoms with E-state index in [1.807, 2.05) is 30.3 Å². The van der Waals surface area contributed by atoms with Crippen molar-refractivity contribution >= 4 is 11.7 Å². The Bertz CT molecular complexity index is 786. The van der Waals surface area contributed by atoms with Crippen LogP contribution in [0.5, 0.6) is 0 Å². The zero-order valence-corrected chi connectivity index (χ0v) is 13.7. The third kappa shape index (κ3) is 2.67. The SMILES string of the molecule is Cc1ccccc1CC1OC(=O)c2cc(N3CC[C@H](O)C3)ccc21. The van der Waals surface area contributed by atoms with Gasteiger partial charge in [-0.1, -0.05) is 30.3 Å². The van der Waals surface area contributed by atoms with Gasteiger partial charge in [-0.3, -0.25) is 0 Å². The van der Waals surface area contributed by atoms with Gasteiger partial charge in [-0.05, 0) is 36.6 Å². The summed E-state index contributed by atoms with van der Waals surface area (Å²) in [5.74, 6) is -0.245. The maximum atomic E-state index is 12.3. The first-order valence-electron chi connectivity index (χ1n) is 8.44. The molecule has 124 valence electrons. The van der Waals surface area contributed by atoms with Crippen LogP contribution >= 0.6 is 0 Å². The summed E-state index contributed by atoms with van der Waals surface area (Å²) in [5, 5.41) is 9.71. The van der Waals surface area contributed by atoms with Crippen LogP contribution in [-0.4, -0.2) is 30.3 Å². The lowest BCUT2D eigenvalue weighted by Crippen LogP contribution is -2.21. The fraction of sp³-hybridized carbons (Fsp3) is 0.350. The highest BCUT2D eigenvalue weighted by atomic mass is 16.5. The number of nitrogens with zero attached hydrogens (tertiary/aromatic N) is 1. The number of aliphatic hydroxyl groups excluding tert-OH is 1. The Hall–Kier alpha value is -2.33. The Morgan fingerprint density at radius 3 is 2.83 bits per heavy atom. The number of cyclic esters (lactones) is 1. The van der Waals surface area contributed by atoms with Gasteiger partial charge in [0.15, 0.2) is 0 Å². The number of carbonyl (C=O) groups excluding carboxylic acids is 1. The number of anilines is 1. The molecule has 2 aromatic rings. The molecule has 24 heavy (non-hydrogen) atoms. The van der Waals surface area contributed by atoms with Gasteiger partial charge in [0.25, 0.3) is 0 Å². The molecule has 1 N–H and O–H groups in total. The molecule has 0 spiro atoms. The molecule has 1 saturated heterocycles. The Kier molecular flexibility index (Phi) is 3.77. The summed E-state index contributed by atoms with van der Waals surface area (Å²) in [6.45, 7) is 3.52. The first-order chi connectivity index (χ1) is 11.6. The first kappa shape index (κ1) is 15.2. The highest BCUT2D eigenvalue weighted by Crippen LogP contribution is 2.36. The fourth-order valence-corrected chi connectivity index (χ4v) is 3.62. The van der Waals surface area contributed by atoms with E-state index in [-0.39, 0.29) is 18.2 Å². The van der Waals surface area contributed by atoms with Gasteiger partial charge in [-0.2, -0.15) is 0 Å². The van der Waals surface area contributed by atoms with Gasteiger partial charge < -0.3 is 14.7 Å². The standard InChI is InChI=1S/C20H21NO3/c1-13-4-2-3-5-14(13)10-19-17-7-6-15(11-18(17)20(23)24-19)21-9-8-16(22)12-21/h2-7,11,16,19,22H,8-10,12H2,1H3/t16-,19?/m0/s1. The molecular formula is C20H21NO3. The summed E-state index contributed by atoms with van der Waals surface area (Å²) in [5.41, 5.74) is 5.03. The second kappa shape index (κ2) is 5.95. The second-order valence-corrected chi connectivity index (χ2v) is 6.68. The van der Waals surface area contributed by atoms with Crippen molar-refractivity contribution < 1.29 is 14.6 Å². The predicted molar refractivity (Wildman–Crippen MR) is 92.3 cm³/mol. The number of rotatable bonds is 3. The number of β-amino-alcohol motifs (C(OH)–C–C–N with tert-alkyl or cyclic N) is 1. The van der Waals surface area contributed by atoms with Gasteiger partial charge in [0.05, 0.1) is 11.7 Å². The molecule has 2 atom stereocenters. The highest BCUT2D eigenvalue weighted by molar-refractivity contribution is 5.95.